The third kappa shape index (κ3) is 2.09. The highest BCUT2D eigenvalue weighted by Gasteiger charge is 2.18. The van der Waals surface area contributed by atoms with Gasteiger partial charge in [0.25, 0.3) is 0 Å². The molecule has 1 fully saturated rings. The summed E-state index contributed by atoms with van der Waals surface area (Å²) in [7, 11) is 0. The zero-order valence-electron chi connectivity index (χ0n) is 8.24. The summed E-state index contributed by atoms with van der Waals surface area (Å²) in [5.74, 6) is 1.75. The van der Waals surface area contributed by atoms with Crippen LogP contribution in [0.25, 0.3) is 0 Å². The molecule has 1 aliphatic rings. The molecule has 0 aromatic carbocycles. The maximum absolute atomic E-state index is 4.06. The molecule has 0 unspecified atom stereocenters. The van der Waals surface area contributed by atoms with Crippen molar-refractivity contribution in [1.82, 2.24) is 4.98 Å². The second-order valence-corrected chi connectivity index (χ2v) is 4.24. The summed E-state index contributed by atoms with van der Waals surface area (Å²) in [6.45, 7) is 2.36. The first kappa shape index (κ1) is 8.74. The molecule has 1 saturated carbocycles. The summed E-state index contributed by atoms with van der Waals surface area (Å²) < 4.78 is 0. The Kier molecular flexibility index (Phi) is 2.62. The van der Waals surface area contributed by atoms with Crippen LogP contribution in [0.2, 0.25) is 0 Å². The maximum Gasteiger partial charge on any atom is 0.0270 e. The first-order chi connectivity index (χ1) is 6.36. The van der Waals surface area contributed by atoms with Crippen LogP contribution in [0.3, 0.4) is 0 Å². The number of aromatic nitrogens is 1. The number of rotatable bonds is 1. The fourth-order valence-corrected chi connectivity index (χ4v) is 2.23. The van der Waals surface area contributed by atoms with Gasteiger partial charge < -0.3 is 0 Å². The van der Waals surface area contributed by atoms with E-state index in [1.807, 2.05) is 12.4 Å². The monoisotopic (exact) mass is 175 g/mol. The number of nitrogens with zero attached hydrogens (tertiary/aromatic N) is 1. The quantitative estimate of drug-likeness (QED) is 0.637. The van der Waals surface area contributed by atoms with Crippen molar-refractivity contribution in [2.24, 2.45) is 5.92 Å². The Labute approximate surface area is 80.2 Å². The topological polar surface area (TPSA) is 12.9 Å². The van der Waals surface area contributed by atoms with Gasteiger partial charge in [-0.05, 0) is 42.4 Å². The fraction of sp³-hybridized carbons (Fsp3) is 0.583. The van der Waals surface area contributed by atoms with Crippen molar-refractivity contribution in [3.05, 3.63) is 30.1 Å². The zero-order chi connectivity index (χ0) is 9.10. The molecule has 2 rings (SSSR count). The Morgan fingerprint density at radius 2 is 1.69 bits per heavy atom. The van der Waals surface area contributed by atoms with Crippen molar-refractivity contribution in [3.8, 4) is 0 Å². The molecule has 70 valence electrons. The first-order valence-electron chi connectivity index (χ1n) is 5.26. The van der Waals surface area contributed by atoms with Crippen LogP contribution in [0.15, 0.2) is 24.5 Å². The van der Waals surface area contributed by atoms with Gasteiger partial charge in [0.05, 0.1) is 0 Å². The SMILES string of the molecule is CC1CCC(c2ccncc2)CC1. The third-order valence-electron chi connectivity index (χ3n) is 3.19. The molecule has 1 aromatic heterocycles. The standard InChI is InChI=1S/C12H17N/c1-10-2-4-11(5-3-10)12-6-8-13-9-7-12/h6-11H,2-5H2,1H3. The molecule has 0 spiro atoms. The molecule has 1 heteroatoms. The molecule has 0 atom stereocenters. The van der Waals surface area contributed by atoms with Crippen molar-refractivity contribution >= 4 is 0 Å². The molecule has 0 N–H and O–H groups in total. The molecular weight excluding hydrogens is 158 g/mol. The lowest BCUT2D eigenvalue weighted by Gasteiger charge is -2.26. The van der Waals surface area contributed by atoms with Crippen LogP contribution in [-0.4, -0.2) is 4.98 Å². The minimum absolute atomic E-state index is 0.805. The summed E-state index contributed by atoms with van der Waals surface area (Å²) in [6, 6.07) is 4.33. The van der Waals surface area contributed by atoms with Crippen molar-refractivity contribution in [2.45, 2.75) is 38.5 Å². The minimum Gasteiger partial charge on any atom is -0.265 e. The summed E-state index contributed by atoms with van der Waals surface area (Å²) >= 11 is 0. The molecular formula is C12H17N. The van der Waals surface area contributed by atoms with Gasteiger partial charge in [0, 0.05) is 12.4 Å². The highest BCUT2D eigenvalue weighted by atomic mass is 14.6. The molecule has 1 heterocycles. The Morgan fingerprint density at radius 1 is 1.08 bits per heavy atom. The van der Waals surface area contributed by atoms with E-state index in [0.717, 1.165) is 11.8 Å². The van der Waals surface area contributed by atoms with Crippen LogP contribution in [0.4, 0.5) is 0 Å². The largest absolute Gasteiger partial charge is 0.265 e. The number of hydrogen-bond donors (Lipinski definition) is 0. The van der Waals surface area contributed by atoms with E-state index < -0.39 is 0 Å². The normalized spacial score (nSPS) is 28.7. The molecule has 13 heavy (non-hydrogen) atoms. The minimum atomic E-state index is 0.805. The van der Waals surface area contributed by atoms with Gasteiger partial charge in [-0.3, -0.25) is 4.98 Å². The molecule has 0 radical (unpaired) electrons. The smallest absolute Gasteiger partial charge is 0.0270 e. The van der Waals surface area contributed by atoms with Gasteiger partial charge in [-0.2, -0.15) is 0 Å². The van der Waals surface area contributed by atoms with Gasteiger partial charge in [0.2, 0.25) is 0 Å². The summed E-state index contributed by atoms with van der Waals surface area (Å²) in [4.78, 5) is 4.06. The van der Waals surface area contributed by atoms with Crippen LogP contribution < -0.4 is 0 Å². The van der Waals surface area contributed by atoms with Gasteiger partial charge in [0.15, 0.2) is 0 Å². The summed E-state index contributed by atoms with van der Waals surface area (Å²) in [6.07, 6.45) is 9.34. The average Bonchev–Trinajstić information content (AvgIpc) is 2.20. The third-order valence-corrected chi connectivity index (χ3v) is 3.19. The Morgan fingerprint density at radius 3 is 2.31 bits per heavy atom. The maximum atomic E-state index is 4.06. The second kappa shape index (κ2) is 3.91. The van der Waals surface area contributed by atoms with Crippen LogP contribution >= 0.6 is 0 Å². The van der Waals surface area contributed by atoms with E-state index in [-0.39, 0.29) is 0 Å². The second-order valence-electron chi connectivity index (χ2n) is 4.24. The van der Waals surface area contributed by atoms with Crippen LogP contribution in [0.5, 0.6) is 0 Å². The first-order valence-corrected chi connectivity index (χ1v) is 5.26. The van der Waals surface area contributed by atoms with Crippen molar-refractivity contribution < 1.29 is 0 Å². The van der Waals surface area contributed by atoms with E-state index in [2.05, 4.69) is 24.0 Å². The van der Waals surface area contributed by atoms with E-state index >= 15 is 0 Å². The van der Waals surface area contributed by atoms with E-state index in [9.17, 15) is 0 Å². The highest BCUT2D eigenvalue weighted by Crippen LogP contribution is 2.34. The molecule has 0 saturated heterocycles. The van der Waals surface area contributed by atoms with Crippen LogP contribution in [-0.2, 0) is 0 Å². The number of hydrogen-bond acceptors (Lipinski definition) is 1. The Balaban J connectivity index is 2.03. The van der Waals surface area contributed by atoms with Crippen LogP contribution in [0.1, 0.15) is 44.1 Å². The lowest BCUT2D eigenvalue weighted by molar-refractivity contribution is 0.348. The summed E-state index contributed by atoms with van der Waals surface area (Å²) in [5.41, 5.74) is 1.49. The van der Waals surface area contributed by atoms with E-state index in [4.69, 9.17) is 0 Å². The molecule has 1 aromatic rings. The predicted octanol–water partition coefficient (Wildman–Crippen LogP) is 3.38. The zero-order valence-corrected chi connectivity index (χ0v) is 8.24. The van der Waals surface area contributed by atoms with Crippen molar-refractivity contribution in [2.75, 3.05) is 0 Å². The lowest BCUT2D eigenvalue weighted by Crippen LogP contribution is -2.10. The van der Waals surface area contributed by atoms with Gasteiger partial charge in [-0.15, -0.1) is 0 Å². The summed E-state index contributed by atoms with van der Waals surface area (Å²) in [5, 5.41) is 0. The van der Waals surface area contributed by atoms with Gasteiger partial charge in [0.1, 0.15) is 0 Å². The lowest BCUT2D eigenvalue weighted by atomic mass is 9.80. The van der Waals surface area contributed by atoms with E-state index in [1.54, 1.807) is 0 Å². The van der Waals surface area contributed by atoms with E-state index in [0.29, 0.717) is 0 Å². The fourth-order valence-electron chi connectivity index (χ4n) is 2.23. The molecule has 1 nitrogen and oxygen atoms in total. The average molecular weight is 175 g/mol. The Bertz CT molecular complexity index is 247. The molecule has 0 amide bonds. The molecule has 1 aliphatic carbocycles. The Hall–Kier alpha value is -0.850. The van der Waals surface area contributed by atoms with Crippen molar-refractivity contribution in [3.63, 3.8) is 0 Å². The highest BCUT2D eigenvalue weighted by molar-refractivity contribution is 5.16. The van der Waals surface area contributed by atoms with Crippen molar-refractivity contribution in [1.29, 1.82) is 0 Å². The molecule has 0 aliphatic heterocycles. The number of pyridine rings is 1. The van der Waals surface area contributed by atoms with Gasteiger partial charge in [-0.1, -0.05) is 19.8 Å². The van der Waals surface area contributed by atoms with Gasteiger partial charge >= 0.3 is 0 Å². The molecule has 0 bridgehead atoms. The van der Waals surface area contributed by atoms with E-state index in [1.165, 1.54) is 31.2 Å². The van der Waals surface area contributed by atoms with Gasteiger partial charge in [-0.25, -0.2) is 0 Å². The van der Waals surface area contributed by atoms with Crippen LogP contribution in [0, 0.1) is 5.92 Å². The predicted molar refractivity (Wildman–Crippen MR) is 54.6 cm³/mol.